The van der Waals surface area contributed by atoms with Crippen LogP contribution in [0.2, 0.25) is 0 Å². The molecule has 0 nitrogen and oxygen atoms in total. The van der Waals surface area contributed by atoms with Gasteiger partial charge in [0.05, 0.1) is 0 Å². The number of halogens is 1. The highest BCUT2D eigenvalue weighted by atomic mass is 19.1. The fourth-order valence-corrected chi connectivity index (χ4v) is 3.24. The quantitative estimate of drug-likeness (QED) is 0.577. The summed E-state index contributed by atoms with van der Waals surface area (Å²) < 4.78 is 14.2. The Morgan fingerprint density at radius 1 is 0.955 bits per heavy atom. The van der Waals surface area contributed by atoms with E-state index in [2.05, 4.69) is 45.9 Å². The zero-order valence-corrected chi connectivity index (χ0v) is 14.2. The summed E-state index contributed by atoms with van der Waals surface area (Å²) >= 11 is 0. The molecule has 2 aromatic carbocycles. The Hall–Kier alpha value is -1.63. The van der Waals surface area contributed by atoms with Crippen LogP contribution in [0.15, 0.2) is 42.5 Å². The van der Waals surface area contributed by atoms with Gasteiger partial charge in [-0.1, -0.05) is 70.5 Å². The van der Waals surface area contributed by atoms with Gasteiger partial charge in [-0.2, -0.15) is 0 Å². The third-order valence-electron chi connectivity index (χ3n) is 4.34. The summed E-state index contributed by atoms with van der Waals surface area (Å²) in [4.78, 5) is 0. The molecule has 2 aromatic rings. The minimum atomic E-state index is -0.138. The van der Waals surface area contributed by atoms with Crippen LogP contribution in [0.5, 0.6) is 0 Å². The van der Waals surface area contributed by atoms with Gasteiger partial charge in [-0.05, 0) is 47.4 Å². The van der Waals surface area contributed by atoms with Gasteiger partial charge in [-0.15, -0.1) is 0 Å². The van der Waals surface area contributed by atoms with Crippen molar-refractivity contribution in [1.29, 1.82) is 0 Å². The lowest BCUT2D eigenvalue weighted by Crippen LogP contribution is -2.15. The van der Waals surface area contributed by atoms with E-state index in [4.69, 9.17) is 0 Å². The lowest BCUT2D eigenvalue weighted by molar-refractivity contribution is 0.329. The maximum absolute atomic E-state index is 14.2. The summed E-state index contributed by atoms with van der Waals surface area (Å²) in [6, 6.07) is 13.6. The molecule has 0 N–H and O–H groups in total. The van der Waals surface area contributed by atoms with Crippen molar-refractivity contribution in [2.75, 3.05) is 0 Å². The van der Waals surface area contributed by atoms with Crippen LogP contribution in [0.25, 0.3) is 11.1 Å². The highest BCUT2D eigenvalue weighted by Gasteiger charge is 2.20. The topological polar surface area (TPSA) is 0 Å². The Bertz CT molecular complexity index is 626. The molecular weight excluding hydrogens is 271 g/mol. The number of benzene rings is 2. The van der Waals surface area contributed by atoms with E-state index in [1.807, 2.05) is 12.1 Å². The SMILES string of the molecule is CCCC(C)(C)Cc1cc(CC)ccc1-c1ccccc1F. The maximum atomic E-state index is 14.2. The van der Waals surface area contributed by atoms with Crippen molar-refractivity contribution in [3.63, 3.8) is 0 Å². The molecule has 2 rings (SSSR count). The summed E-state index contributed by atoms with van der Waals surface area (Å²) in [7, 11) is 0. The highest BCUT2D eigenvalue weighted by Crippen LogP contribution is 2.34. The Labute approximate surface area is 134 Å². The van der Waals surface area contributed by atoms with Gasteiger partial charge in [0.15, 0.2) is 0 Å². The van der Waals surface area contributed by atoms with Crippen LogP contribution in [0.4, 0.5) is 4.39 Å². The summed E-state index contributed by atoms with van der Waals surface area (Å²) in [5, 5.41) is 0. The van der Waals surface area contributed by atoms with E-state index in [0.717, 1.165) is 18.4 Å². The van der Waals surface area contributed by atoms with Crippen molar-refractivity contribution >= 4 is 0 Å². The minimum absolute atomic E-state index is 0.138. The Morgan fingerprint density at radius 2 is 1.68 bits per heavy atom. The van der Waals surface area contributed by atoms with Crippen LogP contribution >= 0.6 is 0 Å². The van der Waals surface area contributed by atoms with Crippen molar-refractivity contribution in [2.45, 2.75) is 53.4 Å². The van der Waals surface area contributed by atoms with E-state index in [-0.39, 0.29) is 11.2 Å². The van der Waals surface area contributed by atoms with Gasteiger partial charge in [-0.3, -0.25) is 0 Å². The van der Waals surface area contributed by atoms with Crippen LogP contribution in [0.1, 0.15) is 51.7 Å². The largest absolute Gasteiger partial charge is 0.206 e. The predicted octanol–water partition coefficient (Wildman–Crippen LogP) is 6.42. The average molecular weight is 298 g/mol. The number of hydrogen-bond donors (Lipinski definition) is 0. The zero-order valence-electron chi connectivity index (χ0n) is 14.2. The summed E-state index contributed by atoms with van der Waals surface area (Å²) in [6.07, 6.45) is 4.35. The van der Waals surface area contributed by atoms with Crippen molar-refractivity contribution in [2.24, 2.45) is 5.41 Å². The highest BCUT2D eigenvalue weighted by molar-refractivity contribution is 5.68. The first-order chi connectivity index (χ1) is 10.5. The number of hydrogen-bond acceptors (Lipinski definition) is 0. The van der Waals surface area contributed by atoms with Crippen molar-refractivity contribution in [3.8, 4) is 11.1 Å². The third kappa shape index (κ3) is 3.97. The average Bonchev–Trinajstić information content (AvgIpc) is 2.47. The Balaban J connectivity index is 2.48. The first-order valence-corrected chi connectivity index (χ1v) is 8.33. The minimum Gasteiger partial charge on any atom is -0.206 e. The Kier molecular flexibility index (Phi) is 5.39. The monoisotopic (exact) mass is 298 g/mol. The van der Waals surface area contributed by atoms with E-state index in [1.54, 1.807) is 12.1 Å². The molecule has 0 spiro atoms. The van der Waals surface area contributed by atoms with Crippen molar-refractivity contribution in [3.05, 3.63) is 59.4 Å². The summed E-state index contributed by atoms with van der Waals surface area (Å²) in [6.45, 7) is 9.00. The van der Waals surface area contributed by atoms with Gasteiger partial charge >= 0.3 is 0 Å². The second-order valence-corrected chi connectivity index (χ2v) is 6.92. The molecule has 0 unspecified atom stereocenters. The maximum Gasteiger partial charge on any atom is 0.131 e. The second kappa shape index (κ2) is 7.09. The van der Waals surface area contributed by atoms with Gasteiger partial charge in [0.2, 0.25) is 0 Å². The van der Waals surface area contributed by atoms with Crippen LogP contribution < -0.4 is 0 Å². The van der Waals surface area contributed by atoms with Crippen LogP contribution in [0, 0.1) is 11.2 Å². The van der Waals surface area contributed by atoms with Gasteiger partial charge in [0.1, 0.15) is 5.82 Å². The third-order valence-corrected chi connectivity index (χ3v) is 4.34. The molecule has 0 saturated carbocycles. The molecule has 0 heterocycles. The molecule has 0 aliphatic carbocycles. The normalized spacial score (nSPS) is 11.7. The molecule has 0 aromatic heterocycles. The first-order valence-electron chi connectivity index (χ1n) is 8.33. The molecule has 0 amide bonds. The van der Waals surface area contributed by atoms with E-state index in [1.165, 1.54) is 24.0 Å². The second-order valence-electron chi connectivity index (χ2n) is 6.92. The molecule has 0 aliphatic heterocycles. The zero-order chi connectivity index (χ0) is 16.2. The molecule has 1 heteroatoms. The predicted molar refractivity (Wildman–Crippen MR) is 93.6 cm³/mol. The molecule has 0 saturated heterocycles. The fourth-order valence-electron chi connectivity index (χ4n) is 3.24. The molecular formula is C21H27F. The molecule has 118 valence electrons. The van der Waals surface area contributed by atoms with Crippen LogP contribution in [-0.2, 0) is 12.8 Å². The molecule has 0 atom stereocenters. The van der Waals surface area contributed by atoms with E-state index >= 15 is 0 Å². The molecule has 0 radical (unpaired) electrons. The van der Waals surface area contributed by atoms with Gasteiger partial charge in [0.25, 0.3) is 0 Å². The molecule has 0 fully saturated rings. The molecule has 0 bridgehead atoms. The first kappa shape index (κ1) is 16.7. The van der Waals surface area contributed by atoms with E-state index in [0.29, 0.717) is 5.56 Å². The van der Waals surface area contributed by atoms with Crippen LogP contribution in [0.3, 0.4) is 0 Å². The van der Waals surface area contributed by atoms with E-state index < -0.39 is 0 Å². The smallest absolute Gasteiger partial charge is 0.131 e. The van der Waals surface area contributed by atoms with Gasteiger partial charge in [-0.25, -0.2) is 4.39 Å². The molecule has 22 heavy (non-hydrogen) atoms. The molecule has 0 aliphatic rings. The standard InChI is InChI=1S/C21H27F/c1-5-13-21(3,4)15-17-14-16(6-2)11-12-18(17)19-9-7-8-10-20(19)22/h7-12,14H,5-6,13,15H2,1-4H3. The number of rotatable bonds is 6. The number of aryl methyl sites for hydroxylation is 1. The fraction of sp³-hybridized carbons (Fsp3) is 0.429. The summed E-state index contributed by atoms with van der Waals surface area (Å²) in [5.74, 6) is -0.138. The van der Waals surface area contributed by atoms with Crippen molar-refractivity contribution < 1.29 is 4.39 Å². The Morgan fingerprint density at radius 3 is 2.32 bits per heavy atom. The van der Waals surface area contributed by atoms with Gasteiger partial charge in [0, 0.05) is 5.56 Å². The summed E-state index contributed by atoms with van der Waals surface area (Å²) in [5.41, 5.74) is 4.58. The van der Waals surface area contributed by atoms with Gasteiger partial charge < -0.3 is 0 Å². The van der Waals surface area contributed by atoms with E-state index in [9.17, 15) is 4.39 Å². The lowest BCUT2D eigenvalue weighted by Gasteiger charge is -2.26. The van der Waals surface area contributed by atoms with Crippen molar-refractivity contribution in [1.82, 2.24) is 0 Å². The van der Waals surface area contributed by atoms with Crippen LogP contribution in [-0.4, -0.2) is 0 Å². The lowest BCUT2D eigenvalue weighted by atomic mass is 9.79.